The quantitative estimate of drug-likeness (QED) is 0.735. The SMILES string of the molecule is O=C(Nc1ccc(Cl)c2cccnc12)c1ccnc(F)c1. The van der Waals surface area contributed by atoms with Crippen molar-refractivity contribution in [1.82, 2.24) is 9.97 Å². The molecule has 6 heteroatoms. The molecular weight excluding hydrogens is 293 g/mol. The molecular formula is C15H9ClFN3O. The van der Waals surface area contributed by atoms with Crippen LogP contribution in [0.4, 0.5) is 10.1 Å². The molecule has 0 fully saturated rings. The van der Waals surface area contributed by atoms with Crippen LogP contribution >= 0.6 is 11.6 Å². The third kappa shape index (κ3) is 2.68. The van der Waals surface area contributed by atoms with Crippen LogP contribution in [0, 0.1) is 5.95 Å². The maximum absolute atomic E-state index is 13.1. The van der Waals surface area contributed by atoms with Gasteiger partial charge < -0.3 is 5.32 Å². The highest BCUT2D eigenvalue weighted by atomic mass is 35.5. The number of benzene rings is 1. The van der Waals surface area contributed by atoms with Crippen molar-refractivity contribution in [2.45, 2.75) is 0 Å². The lowest BCUT2D eigenvalue weighted by atomic mass is 10.1. The largest absolute Gasteiger partial charge is 0.320 e. The van der Waals surface area contributed by atoms with Gasteiger partial charge in [-0.25, -0.2) is 4.98 Å². The molecule has 3 aromatic rings. The molecule has 3 rings (SSSR count). The van der Waals surface area contributed by atoms with Gasteiger partial charge in [0.1, 0.15) is 0 Å². The van der Waals surface area contributed by atoms with Crippen LogP contribution in [0.15, 0.2) is 48.8 Å². The van der Waals surface area contributed by atoms with Crippen LogP contribution in [0.5, 0.6) is 0 Å². The Kier molecular flexibility index (Phi) is 3.50. The fraction of sp³-hybridized carbons (Fsp3) is 0. The van der Waals surface area contributed by atoms with E-state index < -0.39 is 11.9 Å². The highest BCUT2D eigenvalue weighted by molar-refractivity contribution is 6.36. The molecule has 4 nitrogen and oxygen atoms in total. The molecule has 2 heterocycles. The summed E-state index contributed by atoms with van der Waals surface area (Å²) >= 11 is 6.09. The lowest BCUT2D eigenvalue weighted by molar-refractivity contribution is 0.102. The Morgan fingerprint density at radius 1 is 1.14 bits per heavy atom. The lowest BCUT2D eigenvalue weighted by Crippen LogP contribution is -2.13. The van der Waals surface area contributed by atoms with E-state index in [0.717, 1.165) is 11.5 Å². The highest BCUT2D eigenvalue weighted by Gasteiger charge is 2.11. The van der Waals surface area contributed by atoms with Gasteiger partial charge in [-0.15, -0.1) is 0 Å². The third-order valence-corrected chi connectivity index (χ3v) is 3.28. The first-order valence-corrected chi connectivity index (χ1v) is 6.49. The van der Waals surface area contributed by atoms with E-state index in [9.17, 15) is 9.18 Å². The number of fused-ring (bicyclic) bond motifs is 1. The Morgan fingerprint density at radius 3 is 2.81 bits per heavy atom. The fourth-order valence-corrected chi connectivity index (χ4v) is 2.19. The van der Waals surface area contributed by atoms with Gasteiger partial charge in [-0.1, -0.05) is 11.6 Å². The molecule has 1 amide bonds. The number of nitrogens with one attached hydrogen (secondary N) is 1. The zero-order chi connectivity index (χ0) is 14.8. The predicted molar refractivity (Wildman–Crippen MR) is 78.9 cm³/mol. The smallest absolute Gasteiger partial charge is 0.255 e. The molecule has 0 spiro atoms. The molecule has 0 bridgehead atoms. The molecule has 0 aliphatic rings. The first kappa shape index (κ1) is 13.5. The number of hydrogen-bond donors (Lipinski definition) is 1. The van der Waals surface area contributed by atoms with Gasteiger partial charge in [0.25, 0.3) is 5.91 Å². The highest BCUT2D eigenvalue weighted by Crippen LogP contribution is 2.28. The minimum Gasteiger partial charge on any atom is -0.320 e. The van der Waals surface area contributed by atoms with Crippen LogP contribution in [0.2, 0.25) is 5.02 Å². The van der Waals surface area contributed by atoms with E-state index in [-0.39, 0.29) is 5.56 Å². The molecule has 0 radical (unpaired) electrons. The molecule has 0 unspecified atom stereocenters. The maximum Gasteiger partial charge on any atom is 0.255 e. The Bertz CT molecular complexity index is 838. The van der Waals surface area contributed by atoms with Crippen LogP contribution < -0.4 is 5.32 Å². The number of nitrogens with zero attached hydrogens (tertiary/aromatic N) is 2. The van der Waals surface area contributed by atoms with Crippen LogP contribution in [0.3, 0.4) is 0 Å². The molecule has 21 heavy (non-hydrogen) atoms. The summed E-state index contributed by atoms with van der Waals surface area (Å²) in [5.74, 6) is -1.15. The zero-order valence-electron chi connectivity index (χ0n) is 10.7. The standard InChI is InChI=1S/C15H9ClFN3O/c16-11-3-4-12(14-10(11)2-1-6-19-14)20-15(21)9-5-7-18-13(17)8-9/h1-8H,(H,20,21). The van der Waals surface area contributed by atoms with Crippen molar-refractivity contribution in [1.29, 1.82) is 0 Å². The van der Waals surface area contributed by atoms with Gasteiger partial charge in [0.05, 0.1) is 16.2 Å². The summed E-state index contributed by atoms with van der Waals surface area (Å²) in [6.45, 7) is 0. The van der Waals surface area contributed by atoms with E-state index in [1.54, 1.807) is 24.4 Å². The topological polar surface area (TPSA) is 54.9 Å². The molecule has 0 aliphatic carbocycles. The van der Waals surface area contributed by atoms with Crippen LogP contribution in [0.1, 0.15) is 10.4 Å². The van der Waals surface area contributed by atoms with Gasteiger partial charge in [-0.2, -0.15) is 4.39 Å². The van der Waals surface area contributed by atoms with Crippen molar-refractivity contribution >= 4 is 34.1 Å². The van der Waals surface area contributed by atoms with Crippen molar-refractivity contribution in [2.75, 3.05) is 5.32 Å². The molecule has 0 aliphatic heterocycles. The minimum absolute atomic E-state index is 0.182. The van der Waals surface area contributed by atoms with E-state index in [4.69, 9.17) is 11.6 Å². The second kappa shape index (κ2) is 5.46. The van der Waals surface area contributed by atoms with Crippen LogP contribution in [0.25, 0.3) is 10.9 Å². The number of aromatic nitrogens is 2. The number of rotatable bonds is 2. The second-order valence-corrected chi connectivity index (χ2v) is 4.72. The Hall–Kier alpha value is -2.53. The molecule has 2 aromatic heterocycles. The van der Waals surface area contributed by atoms with E-state index in [1.165, 1.54) is 12.3 Å². The Labute approximate surface area is 124 Å². The number of carbonyl (C=O) groups excluding carboxylic acids is 1. The van der Waals surface area contributed by atoms with Crippen LogP contribution in [-0.2, 0) is 0 Å². The first-order chi connectivity index (χ1) is 10.1. The molecule has 104 valence electrons. The lowest BCUT2D eigenvalue weighted by Gasteiger charge is -2.09. The molecule has 0 atom stereocenters. The first-order valence-electron chi connectivity index (χ1n) is 6.11. The fourth-order valence-electron chi connectivity index (χ4n) is 1.98. The van der Waals surface area contributed by atoms with Crippen molar-refractivity contribution in [2.24, 2.45) is 0 Å². The number of hydrogen-bond acceptors (Lipinski definition) is 3. The van der Waals surface area contributed by atoms with E-state index in [1.807, 2.05) is 6.07 Å². The molecule has 1 N–H and O–H groups in total. The monoisotopic (exact) mass is 301 g/mol. The second-order valence-electron chi connectivity index (χ2n) is 4.32. The van der Waals surface area contributed by atoms with Gasteiger partial charge in [0.2, 0.25) is 5.95 Å². The van der Waals surface area contributed by atoms with Gasteiger partial charge >= 0.3 is 0 Å². The van der Waals surface area contributed by atoms with Gasteiger partial charge in [-0.05, 0) is 30.3 Å². The molecule has 1 aromatic carbocycles. The van der Waals surface area contributed by atoms with Gasteiger partial charge in [-0.3, -0.25) is 9.78 Å². The minimum atomic E-state index is -0.707. The van der Waals surface area contributed by atoms with E-state index in [0.29, 0.717) is 16.2 Å². The number of pyridine rings is 2. The summed E-state index contributed by atoms with van der Waals surface area (Å²) in [5, 5.41) is 3.98. The zero-order valence-corrected chi connectivity index (χ0v) is 11.4. The van der Waals surface area contributed by atoms with Crippen molar-refractivity contribution in [3.63, 3.8) is 0 Å². The number of halogens is 2. The predicted octanol–water partition coefficient (Wildman–Crippen LogP) is 3.67. The summed E-state index contributed by atoms with van der Waals surface area (Å²) in [7, 11) is 0. The summed E-state index contributed by atoms with van der Waals surface area (Å²) in [6, 6.07) is 9.41. The number of amides is 1. The summed E-state index contributed by atoms with van der Waals surface area (Å²) in [5.41, 5.74) is 1.27. The van der Waals surface area contributed by atoms with Crippen molar-refractivity contribution < 1.29 is 9.18 Å². The average molecular weight is 302 g/mol. The van der Waals surface area contributed by atoms with E-state index in [2.05, 4.69) is 15.3 Å². The Balaban J connectivity index is 1.99. The normalized spacial score (nSPS) is 10.6. The van der Waals surface area contributed by atoms with Gasteiger partial charge in [0, 0.05) is 29.4 Å². The van der Waals surface area contributed by atoms with E-state index >= 15 is 0 Å². The molecule has 0 saturated heterocycles. The number of anilines is 1. The third-order valence-electron chi connectivity index (χ3n) is 2.95. The average Bonchev–Trinajstić information content (AvgIpc) is 2.50. The van der Waals surface area contributed by atoms with Crippen LogP contribution in [-0.4, -0.2) is 15.9 Å². The Morgan fingerprint density at radius 2 is 2.00 bits per heavy atom. The maximum atomic E-state index is 13.1. The molecule has 0 saturated carbocycles. The summed E-state index contributed by atoms with van der Waals surface area (Å²) < 4.78 is 13.1. The summed E-state index contributed by atoms with van der Waals surface area (Å²) in [4.78, 5) is 19.8. The van der Waals surface area contributed by atoms with Gasteiger partial charge in [0.15, 0.2) is 0 Å². The number of carbonyl (C=O) groups is 1. The van der Waals surface area contributed by atoms with Crippen molar-refractivity contribution in [3.05, 3.63) is 65.3 Å². The summed E-state index contributed by atoms with van der Waals surface area (Å²) in [6.07, 6.45) is 2.85. The van der Waals surface area contributed by atoms with Crippen molar-refractivity contribution in [3.8, 4) is 0 Å².